The van der Waals surface area contributed by atoms with Crippen LogP contribution in [0.1, 0.15) is 116 Å². The summed E-state index contributed by atoms with van der Waals surface area (Å²) in [5, 5.41) is 5.40. The van der Waals surface area contributed by atoms with Crippen LogP contribution < -0.4 is 9.41 Å². The van der Waals surface area contributed by atoms with Gasteiger partial charge in [0.1, 0.15) is 0 Å². The third-order valence-electron chi connectivity index (χ3n) is 9.74. The molecule has 54 heavy (non-hydrogen) atoms. The van der Waals surface area contributed by atoms with Crippen molar-refractivity contribution in [2.24, 2.45) is 0 Å². The number of fused-ring (bicyclic) bond motifs is 2. The van der Waals surface area contributed by atoms with E-state index in [0.717, 1.165) is 9.52 Å². The van der Waals surface area contributed by atoms with Gasteiger partial charge >= 0.3 is 26.2 Å². The van der Waals surface area contributed by atoms with Crippen LogP contribution in [-0.2, 0) is 47.9 Å². The number of benzene rings is 4. The Kier molecular flexibility index (Phi) is 17.1. The van der Waals surface area contributed by atoms with E-state index in [9.17, 15) is 0 Å². The van der Waals surface area contributed by atoms with Crippen LogP contribution in [0.2, 0.25) is 13.1 Å². The second-order valence-electron chi connectivity index (χ2n) is 18.8. The van der Waals surface area contributed by atoms with Crippen LogP contribution in [0.15, 0.2) is 97.1 Å². The van der Waals surface area contributed by atoms with Crippen molar-refractivity contribution in [3.63, 3.8) is 0 Å². The van der Waals surface area contributed by atoms with E-state index in [1.807, 2.05) is 0 Å². The number of rotatable bonds is 2. The van der Waals surface area contributed by atoms with Crippen molar-refractivity contribution in [3.05, 3.63) is 130 Å². The molecule has 2 radical (unpaired) electrons. The molecule has 0 N–H and O–H groups in total. The van der Waals surface area contributed by atoms with E-state index >= 15 is 0 Å². The zero-order chi connectivity index (χ0) is 38.1. The molecule has 286 valence electrons. The number of halogens is 2. The van der Waals surface area contributed by atoms with E-state index in [1.54, 1.807) is 0 Å². The first-order valence-electron chi connectivity index (χ1n) is 18.8. The van der Waals surface area contributed by atoms with Gasteiger partial charge in [-0.1, -0.05) is 170 Å². The predicted octanol–water partition coefficient (Wildman–Crippen LogP) is 9.05. The maximum Gasteiger partial charge on any atom is 4.00 e. The predicted molar refractivity (Wildman–Crippen MR) is 232 cm³/mol. The van der Waals surface area contributed by atoms with Crippen molar-refractivity contribution in [3.8, 4) is 22.3 Å². The van der Waals surface area contributed by atoms with E-state index < -0.39 is 0 Å². The van der Waals surface area contributed by atoms with Crippen LogP contribution in [0.5, 0.6) is 0 Å². The smallest absolute Gasteiger partial charge is 1.00 e. The van der Waals surface area contributed by atoms with Gasteiger partial charge in [0.05, 0.1) is 0 Å². The van der Waals surface area contributed by atoms with Gasteiger partial charge in [-0.05, 0) is 55.0 Å². The Bertz CT molecular complexity index is 1880. The number of hydrogen-bond donors (Lipinski definition) is 0. The van der Waals surface area contributed by atoms with Crippen LogP contribution in [0, 0.1) is 13.8 Å². The zero-order valence-electron chi connectivity index (χ0n) is 36.0. The molecule has 0 aliphatic carbocycles. The van der Waals surface area contributed by atoms with Crippen LogP contribution in [0.3, 0.4) is 0 Å². The zero-order valence-corrected chi connectivity index (χ0v) is 39.5. The molecule has 0 spiro atoms. The molecular weight excluding hydrogens is 758 g/mol. The van der Waals surface area contributed by atoms with Gasteiger partial charge in [-0.25, -0.2) is 0 Å². The molecule has 0 aliphatic heterocycles. The molecule has 0 saturated carbocycles. The van der Waals surface area contributed by atoms with Crippen molar-refractivity contribution in [1.29, 1.82) is 0 Å². The molecule has 4 heteroatoms. The van der Waals surface area contributed by atoms with E-state index in [4.69, 9.17) is 0 Å². The van der Waals surface area contributed by atoms with Gasteiger partial charge in [0.25, 0.3) is 0 Å². The molecule has 0 atom stereocenters. The quantitative estimate of drug-likeness (QED) is 0.121. The Morgan fingerprint density at radius 2 is 0.685 bits per heavy atom. The van der Waals surface area contributed by atoms with Gasteiger partial charge in [0.2, 0.25) is 0 Å². The standard InChI is InChI=1S/2C24H29.C2H6Si.2FH.Zr/c2*1-16-11-17-9-8-10-21(22(17)12-16)18-13-19(23(2,3)4)15-20(14-18)24(5,6)7;1-3-2;;;/h2*8-15H,1-7H3;1-2H3;2*1H;/q2*-1;;;;+4/p-2. The monoisotopic (exact) mass is 820 g/mol. The first-order valence-corrected chi connectivity index (χ1v) is 20.8. The van der Waals surface area contributed by atoms with E-state index in [-0.39, 0.29) is 57.3 Å². The maximum atomic E-state index is 2.39. The third-order valence-corrected chi connectivity index (χ3v) is 9.74. The van der Waals surface area contributed by atoms with Crippen LogP contribution >= 0.6 is 0 Å². The molecule has 0 amide bonds. The second kappa shape index (κ2) is 18.8. The van der Waals surface area contributed by atoms with Crippen molar-refractivity contribution in [1.82, 2.24) is 0 Å². The summed E-state index contributed by atoms with van der Waals surface area (Å²) in [6, 6.07) is 36.8. The molecule has 0 heterocycles. The summed E-state index contributed by atoms with van der Waals surface area (Å²) in [5.74, 6) is 0. The summed E-state index contributed by atoms with van der Waals surface area (Å²) in [6.07, 6.45) is 0. The average molecular weight is 822 g/mol. The molecule has 6 aromatic rings. The van der Waals surface area contributed by atoms with Gasteiger partial charge in [0, 0.05) is 9.52 Å². The molecule has 0 fully saturated rings. The van der Waals surface area contributed by atoms with Gasteiger partial charge < -0.3 is 9.41 Å². The molecule has 0 saturated heterocycles. The normalized spacial score (nSPS) is 11.7. The summed E-state index contributed by atoms with van der Waals surface area (Å²) in [6.45, 7) is 36.2. The summed E-state index contributed by atoms with van der Waals surface area (Å²) < 4.78 is 0. The van der Waals surface area contributed by atoms with Gasteiger partial charge in [0.15, 0.2) is 0 Å². The first kappa shape index (κ1) is 49.1. The Balaban J connectivity index is 0.000000479. The van der Waals surface area contributed by atoms with Crippen molar-refractivity contribution < 1.29 is 35.6 Å². The van der Waals surface area contributed by atoms with Gasteiger partial charge in [-0.15, -0.1) is 69.1 Å². The largest absolute Gasteiger partial charge is 4.00 e. The molecular formula is C50H64F2SiZr. The fraction of sp³-hybridized carbons (Fsp3) is 0.400. The van der Waals surface area contributed by atoms with E-state index in [2.05, 4.69) is 207 Å². The molecule has 0 nitrogen and oxygen atoms in total. The van der Waals surface area contributed by atoms with Gasteiger partial charge in [-0.2, -0.15) is 12.1 Å². The molecule has 6 rings (SSSR count). The molecule has 0 aromatic heterocycles. The topological polar surface area (TPSA) is 0 Å². The first-order chi connectivity index (χ1) is 23.5. The fourth-order valence-corrected chi connectivity index (χ4v) is 6.57. The van der Waals surface area contributed by atoms with Crippen LogP contribution in [-0.4, -0.2) is 9.52 Å². The second-order valence-corrected chi connectivity index (χ2v) is 19.8. The Morgan fingerprint density at radius 1 is 0.426 bits per heavy atom. The summed E-state index contributed by atoms with van der Waals surface area (Å²) in [4.78, 5) is 0. The molecule has 0 aliphatic rings. The van der Waals surface area contributed by atoms with Crippen molar-refractivity contribution in [2.45, 2.75) is 132 Å². The van der Waals surface area contributed by atoms with Gasteiger partial charge in [-0.3, -0.25) is 0 Å². The van der Waals surface area contributed by atoms with Crippen LogP contribution in [0.25, 0.3) is 43.8 Å². The Morgan fingerprint density at radius 3 is 0.926 bits per heavy atom. The maximum absolute atomic E-state index is 2.39. The van der Waals surface area contributed by atoms with Crippen molar-refractivity contribution >= 4 is 31.1 Å². The van der Waals surface area contributed by atoms with Crippen molar-refractivity contribution in [2.75, 3.05) is 0 Å². The van der Waals surface area contributed by atoms with Crippen LogP contribution in [0.4, 0.5) is 0 Å². The third kappa shape index (κ3) is 12.0. The fourth-order valence-electron chi connectivity index (χ4n) is 6.57. The van der Waals surface area contributed by atoms with E-state index in [1.165, 1.54) is 77.2 Å². The Hall–Kier alpha value is -2.94. The number of aryl methyl sites for hydroxylation is 2. The van der Waals surface area contributed by atoms with E-state index in [0.29, 0.717) is 0 Å². The summed E-state index contributed by atoms with van der Waals surface area (Å²) in [5.41, 5.74) is 14.2. The average Bonchev–Trinajstić information content (AvgIpc) is 3.60. The Labute approximate surface area is 349 Å². The summed E-state index contributed by atoms with van der Waals surface area (Å²) >= 11 is 0. The summed E-state index contributed by atoms with van der Waals surface area (Å²) in [7, 11) is 1.08. The minimum atomic E-state index is 0. The molecule has 0 unspecified atom stereocenters. The molecule has 6 aromatic carbocycles. The SMILES string of the molecule is C[Si]C.Cc1cc2c(-c3cc(C(C)(C)C)cc(C(C)(C)C)c3)cccc2[cH-]1.Cc1cc2c(-c3cc(C(C)(C)C)cc(C(C)(C)C)c3)cccc2[cH-]1.[F-].[F-].[Zr+4]. The minimum absolute atomic E-state index is 0. The molecule has 0 bridgehead atoms. The number of hydrogen-bond acceptors (Lipinski definition) is 0. The minimum Gasteiger partial charge on any atom is -1.00 e.